The Bertz CT molecular complexity index is 539. The third-order valence-electron chi connectivity index (χ3n) is 4.62. The maximum absolute atomic E-state index is 11.7. The van der Waals surface area contributed by atoms with Crippen molar-refractivity contribution in [2.24, 2.45) is 11.3 Å². The van der Waals surface area contributed by atoms with Gasteiger partial charge in [-0.05, 0) is 36.4 Å². The van der Waals surface area contributed by atoms with E-state index in [2.05, 4.69) is 22.1 Å². The smallest absolute Gasteiger partial charge is 0.307 e. The molecule has 2 heterocycles. The highest BCUT2D eigenvalue weighted by Gasteiger charge is 2.33. The number of pyridine rings is 1. The first kappa shape index (κ1) is 17.7. The molecule has 5 heteroatoms. The molecule has 2 atom stereocenters. The minimum atomic E-state index is -0.737. The van der Waals surface area contributed by atoms with Crippen LogP contribution in [0.25, 0.3) is 0 Å². The van der Waals surface area contributed by atoms with Crippen LogP contribution in [-0.4, -0.2) is 41.7 Å². The van der Waals surface area contributed by atoms with Gasteiger partial charge < -0.3 is 15.3 Å². The molecule has 0 saturated carbocycles. The van der Waals surface area contributed by atoms with Crippen molar-refractivity contribution in [3.05, 3.63) is 23.9 Å². The Labute approximate surface area is 139 Å². The van der Waals surface area contributed by atoms with E-state index in [1.54, 1.807) is 6.20 Å². The molecule has 1 aliphatic heterocycles. The predicted molar refractivity (Wildman–Crippen MR) is 92.8 cm³/mol. The number of aromatic nitrogens is 1. The number of hydrogen-bond acceptors (Lipinski definition) is 4. The summed E-state index contributed by atoms with van der Waals surface area (Å²) in [4.78, 5) is 18.5. The fourth-order valence-corrected chi connectivity index (χ4v) is 3.27. The topological polar surface area (TPSA) is 65.5 Å². The van der Waals surface area contributed by atoms with E-state index in [-0.39, 0.29) is 5.41 Å². The normalized spacial score (nSPS) is 19.8. The number of carboxylic acid groups (broad SMARTS) is 1. The first-order valence-corrected chi connectivity index (χ1v) is 8.48. The van der Waals surface area contributed by atoms with Crippen molar-refractivity contribution in [3.8, 4) is 0 Å². The molecule has 0 amide bonds. The van der Waals surface area contributed by atoms with Crippen LogP contribution in [-0.2, 0) is 11.2 Å². The molecule has 2 N–H and O–H groups in total. The van der Waals surface area contributed by atoms with Gasteiger partial charge in [-0.25, -0.2) is 4.98 Å². The van der Waals surface area contributed by atoms with Gasteiger partial charge in [0.25, 0.3) is 0 Å². The van der Waals surface area contributed by atoms with E-state index >= 15 is 0 Å². The molecule has 128 valence electrons. The molecule has 1 fully saturated rings. The maximum Gasteiger partial charge on any atom is 0.307 e. The van der Waals surface area contributed by atoms with Crippen LogP contribution in [0.15, 0.2) is 18.3 Å². The molecule has 5 nitrogen and oxygen atoms in total. The molecule has 2 rings (SSSR count). The molecule has 23 heavy (non-hydrogen) atoms. The highest BCUT2D eigenvalue weighted by Crippen LogP contribution is 2.32. The first-order chi connectivity index (χ1) is 10.8. The fraction of sp³-hybridized carbons (Fsp3) is 0.667. The SMILES string of the molecule is CCNC1CCN(c2ncccc2C[C@@H](C(=O)O)C(C)(C)C)C1. The number of anilines is 1. The van der Waals surface area contributed by atoms with Gasteiger partial charge in [0.15, 0.2) is 0 Å². The highest BCUT2D eigenvalue weighted by atomic mass is 16.4. The average Bonchev–Trinajstić information content (AvgIpc) is 2.92. The Morgan fingerprint density at radius 3 is 2.87 bits per heavy atom. The van der Waals surface area contributed by atoms with E-state index in [4.69, 9.17) is 0 Å². The van der Waals surface area contributed by atoms with Gasteiger partial charge in [-0.1, -0.05) is 33.8 Å². The van der Waals surface area contributed by atoms with Crippen LogP contribution in [0.3, 0.4) is 0 Å². The Kier molecular flexibility index (Phi) is 5.63. The van der Waals surface area contributed by atoms with Crippen molar-refractivity contribution >= 4 is 11.8 Å². The number of likely N-dealkylation sites (N-methyl/N-ethyl adjacent to an activating group) is 1. The fourth-order valence-electron chi connectivity index (χ4n) is 3.27. The number of hydrogen-bond donors (Lipinski definition) is 2. The molecule has 0 aliphatic carbocycles. The van der Waals surface area contributed by atoms with Crippen molar-refractivity contribution in [1.82, 2.24) is 10.3 Å². The summed E-state index contributed by atoms with van der Waals surface area (Å²) in [7, 11) is 0. The number of nitrogens with one attached hydrogen (secondary N) is 1. The zero-order valence-electron chi connectivity index (χ0n) is 14.7. The van der Waals surface area contributed by atoms with Gasteiger partial charge in [0, 0.05) is 25.3 Å². The van der Waals surface area contributed by atoms with Gasteiger partial charge in [-0.2, -0.15) is 0 Å². The number of carboxylic acids is 1. The first-order valence-electron chi connectivity index (χ1n) is 8.48. The van der Waals surface area contributed by atoms with Gasteiger partial charge >= 0.3 is 5.97 Å². The van der Waals surface area contributed by atoms with E-state index in [0.717, 1.165) is 37.4 Å². The lowest BCUT2D eigenvalue weighted by Gasteiger charge is -2.29. The van der Waals surface area contributed by atoms with Gasteiger partial charge in [0.2, 0.25) is 0 Å². The third-order valence-corrected chi connectivity index (χ3v) is 4.62. The van der Waals surface area contributed by atoms with Gasteiger partial charge in [0.1, 0.15) is 5.82 Å². The lowest BCUT2D eigenvalue weighted by Crippen LogP contribution is -2.34. The van der Waals surface area contributed by atoms with Crippen molar-refractivity contribution in [1.29, 1.82) is 0 Å². The van der Waals surface area contributed by atoms with Crippen molar-refractivity contribution in [3.63, 3.8) is 0 Å². The summed E-state index contributed by atoms with van der Waals surface area (Å²) in [6.45, 7) is 10.9. The third kappa shape index (κ3) is 4.44. The number of aliphatic carboxylic acids is 1. The Balaban J connectivity index is 2.19. The largest absolute Gasteiger partial charge is 0.481 e. The van der Waals surface area contributed by atoms with Crippen LogP contribution >= 0.6 is 0 Å². The Morgan fingerprint density at radius 2 is 2.26 bits per heavy atom. The van der Waals surface area contributed by atoms with Crippen LogP contribution in [0.4, 0.5) is 5.82 Å². The second-order valence-electron chi connectivity index (χ2n) is 7.44. The van der Waals surface area contributed by atoms with E-state index in [9.17, 15) is 9.90 Å². The zero-order chi connectivity index (χ0) is 17.0. The minimum Gasteiger partial charge on any atom is -0.481 e. The molecule has 1 aromatic heterocycles. The molecule has 1 saturated heterocycles. The molecule has 0 radical (unpaired) electrons. The molecule has 1 unspecified atom stereocenters. The summed E-state index contributed by atoms with van der Waals surface area (Å²) < 4.78 is 0. The number of carbonyl (C=O) groups is 1. The number of rotatable bonds is 6. The molecule has 0 aromatic carbocycles. The zero-order valence-corrected chi connectivity index (χ0v) is 14.7. The van der Waals surface area contributed by atoms with Crippen LogP contribution in [0.1, 0.15) is 39.7 Å². The summed E-state index contributed by atoms with van der Waals surface area (Å²) in [5.41, 5.74) is 0.753. The summed E-state index contributed by atoms with van der Waals surface area (Å²) in [6, 6.07) is 4.41. The molecule has 0 spiro atoms. The van der Waals surface area contributed by atoms with Crippen molar-refractivity contribution in [2.45, 2.75) is 46.6 Å². The van der Waals surface area contributed by atoms with E-state index in [1.165, 1.54) is 0 Å². The monoisotopic (exact) mass is 319 g/mol. The predicted octanol–water partition coefficient (Wildman–Crippen LogP) is 2.56. The molecule has 0 bridgehead atoms. The molecular weight excluding hydrogens is 290 g/mol. The maximum atomic E-state index is 11.7. The summed E-state index contributed by atoms with van der Waals surface area (Å²) in [5, 5.41) is 13.1. The quantitative estimate of drug-likeness (QED) is 0.843. The molecular formula is C18H29N3O2. The number of nitrogens with zero attached hydrogens (tertiary/aromatic N) is 2. The van der Waals surface area contributed by atoms with E-state index in [0.29, 0.717) is 12.5 Å². The second kappa shape index (κ2) is 7.30. The van der Waals surface area contributed by atoms with Crippen LogP contribution < -0.4 is 10.2 Å². The standard InChI is InChI=1S/C18H29N3O2/c1-5-19-14-8-10-21(12-14)16-13(7-6-9-20-16)11-15(17(22)23)18(2,3)4/h6-7,9,14-15,19H,5,8,10-12H2,1-4H3,(H,22,23)/t14?,15-/m0/s1. The summed E-state index contributed by atoms with van der Waals surface area (Å²) in [5.74, 6) is -0.208. The Hall–Kier alpha value is -1.62. The van der Waals surface area contributed by atoms with Gasteiger partial charge in [-0.15, -0.1) is 0 Å². The van der Waals surface area contributed by atoms with E-state index < -0.39 is 11.9 Å². The Morgan fingerprint density at radius 1 is 1.52 bits per heavy atom. The minimum absolute atomic E-state index is 0.281. The van der Waals surface area contributed by atoms with E-state index in [1.807, 2.05) is 32.9 Å². The summed E-state index contributed by atoms with van der Waals surface area (Å²) >= 11 is 0. The van der Waals surface area contributed by atoms with Gasteiger partial charge in [0.05, 0.1) is 5.92 Å². The van der Waals surface area contributed by atoms with Crippen LogP contribution in [0.2, 0.25) is 0 Å². The van der Waals surface area contributed by atoms with Crippen molar-refractivity contribution in [2.75, 3.05) is 24.5 Å². The highest BCUT2D eigenvalue weighted by molar-refractivity contribution is 5.71. The molecule has 1 aromatic rings. The van der Waals surface area contributed by atoms with Crippen LogP contribution in [0, 0.1) is 11.3 Å². The summed E-state index contributed by atoms with van der Waals surface area (Å²) in [6.07, 6.45) is 3.42. The van der Waals surface area contributed by atoms with Crippen LogP contribution in [0.5, 0.6) is 0 Å². The van der Waals surface area contributed by atoms with Gasteiger partial charge in [-0.3, -0.25) is 4.79 Å². The lowest BCUT2D eigenvalue weighted by atomic mass is 9.77. The lowest BCUT2D eigenvalue weighted by molar-refractivity contribution is -0.145. The second-order valence-corrected chi connectivity index (χ2v) is 7.44. The van der Waals surface area contributed by atoms with Crippen molar-refractivity contribution < 1.29 is 9.90 Å². The average molecular weight is 319 g/mol. The molecule has 1 aliphatic rings.